The third-order valence-electron chi connectivity index (χ3n) is 5.56. The van der Waals surface area contributed by atoms with Crippen LogP contribution in [0.25, 0.3) is 0 Å². The van der Waals surface area contributed by atoms with Crippen molar-refractivity contribution in [1.29, 1.82) is 0 Å². The number of Topliss-reactive ketones (excluding diaryl/α,β-unsaturated/α-hetero) is 1. The largest absolute Gasteiger partial charge is 0.478 e. The minimum absolute atomic E-state index is 0.0409. The van der Waals surface area contributed by atoms with Gasteiger partial charge in [-0.05, 0) is 80.1 Å². The molecule has 0 radical (unpaired) electrons. The van der Waals surface area contributed by atoms with Crippen molar-refractivity contribution in [1.82, 2.24) is 0 Å². The lowest BCUT2D eigenvalue weighted by atomic mass is 10.0. The van der Waals surface area contributed by atoms with Crippen LogP contribution in [0.4, 0.5) is 11.4 Å². The maximum Gasteiger partial charge on any atom is 0.221 e. The number of carbonyl (C=O) groups excluding carboxylic acids is 1. The lowest BCUT2D eigenvalue weighted by Gasteiger charge is -2.08. The van der Waals surface area contributed by atoms with Gasteiger partial charge in [0.05, 0.1) is 24.6 Å². The van der Waals surface area contributed by atoms with E-state index in [1.54, 1.807) is 0 Å². The molecule has 0 bridgehead atoms. The summed E-state index contributed by atoms with van der Waals surface area (Å²) in [4.78, 5) is 22.2. The van der Waals surface area contributed by atoms with E-state index in [2.05, 4.69) is 9.98 Å². The van der Waals surface area contributed by atoms with Gasteiger partial charge in [0.2, 0.25) is 11.8 Å². The van der Waals surface area contributed by atoms with Gasteiger partial charge in [-0.25, -0.2) is 9.98 Å². The number of ketones is 1. The van der Waals surface area contributed by atoms with Crippen LogP contribution in [0.3, 0.4) is 0 Å². The smallest absolute Gasteiger partial charge is 0.221 e. The van der Waals surface area contributed by atoms with Gasteiger partial charge < -0.3 is 9.47 Å². The lowest BCUT2D eigenvalue weighted by Crippen LogP contribution is -2.06. The minimum Gasteiger partial charge on any atom is -0.478 e. The molecule has 5 heteroatoms. The first kappa shape index (κ1) is 25.6. The molecule has 0 aromatic heterocycles. The van der Waals surface area contributed by atoms with Crippen LogP contribution in [-0.4, -0.2) is 30.8 Å². The molecule has 186 valence electrons. The van der Waals surface area contributed by atoms with E-state index in [-0.39, 0.29) is 5.78 Å². The highest BCUT2D eigenvalue weighted by atomic mass is 16.5. The maximum absolute atomic E-state index is 12.9. The number of hydrogen-bond donors (Lipinski definition) is 0. The van der Waals surface area contributed by atoms with Gasteiger partial charge in [0.15, 0.2) is 5.78 Å². The second-order valence-electron chi connectivity index (χ2n) is 8.25. The fourth-order valence-electron chi connectivity index (χ4n) is 3.73. The Morgan fingerprint density at radius 2 is 1.00 bits per heavy atom. The molecule has 0 heterocycles. The van der Waals surface area contributed by atoms with Crippen LogP contribution in [0.2, 0.25) is 0 Å². The quantitative estimate of drug-likeness (QED) is 0.140. The molecule has 0 N–H and O–H groups in total. The Bertz CT molecular complexity index is 1350. The number of rotatable bonds is 9. The lowest BCUT2D eigenvalue weighted by molar-refractivity contribution is 0.0993. The van der Waals surface area contributed by atoms with E-state index in [1.165, 1.54) is 0 Å². The van der Waals surface area contributed by atoms with Crippen molar-refractivity contribution in [2.45, 2.75) is 20.3 Å². The summed E-state index contributed by atoms with van der Waals surface area (Å²) in [5, 5.41) is 0. The van der Waals surface area contributed by atoms with Gasteiger partial charge in [0.1, 0.15) is 0 Å². The van der Waals surface area contributed by atoms with Crippen LogP contribution in [0.1, 0.15) is 40.9 Å². The van der Waals surface area contributed by atoms with Crippen molar-refractivity contribution >= 4 is 29.0 Å². The number of carbonyl (C=O) groups is 1. The number of hydrogen-bond acceptors (Lipinski definition) is 5. The van der Waals surface area contributed by atoms with E-state index in [0.717, 1.165) is 28.1 Å². The predicted molar refractivity (Wildman–Crippen MR) is 149 cm³/mol. The van der Waals surface area contributed by atoms with Crippen LogP contribution >= 0.6 is 0 Å². The van der Waals surface area contributed by atoms with Gasteiger partial charge in [0.25, 0.3) is 0 Å². The summed E-state index contributed by atoms with van der Waals surface area (Å²) in [5.74, 6) is 1.18. The first-order chi connectivity index (χ1) is 18.2. The van der Waals surface area contributed by atoms with E-state index in [9.17, 15) is 4.79 Å². The third kappa shape index (κ3) is 7.24. The normalized spacial score (nSPS) is 11.7. The minimum atomic E-state index is 0.0409. The van der Waals surface area contributed by atoms with Gasteiger partial charge in [-0.1, -0.05) is 48.5 Å². The molecule has 0 aliphatic heterocycles. The van der Waals surface area contributed by atoms with Gasteiger partial charge in [-0.15, -0.1) is 0 Å². The summed E-state index contributed by atoms with van der Waals surface area (Å²) >= 11 is 0. The van der Waals surface area contributed by atoms with E-state index in [4.69, 9.17) is 9.47 Å². The first-order valence-electron chi connectivity index (χ1n) is 12.4. The van der Waals surface area contributed by atoms with Crippen molar-refractivity contribution < 1.29 is 14.3 Å². The van der Waals surface area contributed by atoms with Crippen molar-refractivity contribution in [3.05, 3.63) is 131 Å². The zero-order valence-corrected chi connectivity index (χ0v) is 21.1. The monoisotopic (exact) mass is 490 g/mol. The van der Waals surface area contributed by atoms with Crippen molar-refractivity contribution in [2.24, 2.45) is 9.98 Å². The van der Waals surface area contributed by atoms with Crippen LogP contribution in [0.15, 0.2) is 119 Å². The van der Waals surface area contributed by atoms with Crippen molar-refractivity contribution in [3.63, 3.8) is 0 Å². The summed E-state index contributed by atoms with van der Waals surface area (Å²) in [6.07, 6.45) is 0.303. The van der Waals surface area contributed by atoms with Crippen LogP contribution in [-0.2, 0) is 15.9 Å². The second-order valence-corrected chi connectivity index (χ2v) is 8.25. The number of nitrogens with zero attached hydrogens (tertiary/aromatic N) is 2. The third-order valence-corrected chi connectivity index (χ3v) is 5.56. The predicted octanol–water partition coefficient (Wildman–Crippen LogP) is 7.34. The Morgan fingerprint density at radius 1 is 0.568 bits per heavy atom. The average Bonchev–Trinajstić information content (AvgIpc) is 2.95. The van der Waals surface area contributed by atoms with E-state index < -0.39 is 0 Å². The molecule has 0 fully saturated rings. The summed E-state index contributed by atoms with van der Waals surface area (Å²) in [7, 11) is 0. The zero-order chi connectivity index (χ0) is 25.9. The first-order valence-corrected chi connectivity index (χ1v) is 12.4. The standard InChI is InChI=1S/C32H30N2O3/c1-3-36-31(26-11-7-5-8-12-26)33-28-19-15-24(16-20-28)23-30(35)25-17-21-29(22-18-25)34-32(37-4-2)27-13-9-6-10-14-27/h5-22H,3-4,23H2,1-2H3. The highest BCUT2D eigenvalue weighted by Crippen LogP contribution is 2.20. The summed E-state index contributed by atoms with van der Waals surface area (Å²) < 4.78 is 11.5. The number of ether oxygens (including phenoxy) is 2. The van der Waals surface area contributed by atoms with Crippen molar-refractivity contribution in [2.75, 3.05) is 13.2 Å². The molecule has 37 heavy (non-hydrogen) atoms. The van der Waals surface area contributed by atoms with Crippen LogP contribution < -0.4 is 0 Å². The highest BCUT2D eigenvalue weighted by molar-refractivity contribution is 5.99. The Balaban J connectivity index is 1.43. The molecule has 0 atom stereocenters. The zero-order valence-electron chi connectivity index (χ0n) is 21.1. The van der Waals surface area contributed by atoms with Gasteiger partial charge in [-0.3, -0.25) is 4.79 Å². The molecule has 4 rings (SSSR count). The molecule has 4 aromatic rings. The molecule has 0 saturated heterocycles. The maximum atomic E-state index is 12.9. The highest BCUT2D eigenvalue weighted by Gasteiger charge is 2.10. The Labute approximate surface area is 218 Å². The molecule has 5 nitrogen and oxygen atoms in total. The Kier molecular flexibility index (Phi) is 8.97. The van der Waals surface area contributed by atoms with Crippen molar-refractivity contribution in [3.8, 4) is 0 Å². The van der Waals surface area contributed by atoms with Gasteiger partial charge in [-0.2, -0.15) is 0 Å². The molecule has 0 amide bonds. The van der Waals surface area contributed by atoms with Crippen LogP contribution in [0, 0.1) is 0 Å². The molecule has 0 aliphatic carbocycles. The second kappa shape index (κ2) is 13.0. The molecule has 0 spiro atoms. The molecule has 4 aromatic carbocycles. The molecule has 0 unspecified atom stereocenters. The molecular weight excluding hydrogens is 460 g/mol. The number of aliphatic imine (C=N–C) groups is 2. The Morgan fingerprint density at radius 3 is 1.43 bits per heavy atom. The van der Waals surface area contributed by atoms with Crippen LogP contribution in [0.5, 0.6) is 0 Å². The fourth-order valence-corrected chi connectivity index (χ4v) is 3.73. The van der Waals surface area contributed by atoms with Gasteiger partial charge in [0, 0.05) is 23.1 Å². The SMILES string of the molecule is CCOC(=Nc1ccc(CC(=O)c2ccc(N=C(OCC)c3ccccc3)cc2)cc1)c1ccccc1. The van der Waals surface area contributed by atoms with Gasteiger partial charge >= 0.3 is 0 Å². The molecular formula is C32H30N2O3. The summed E-state index contributed by atoms with van der Waals surface area (Å²) in [5.41, 5.74) is 4.90. The number of benzene rings is 4. The topological polar surface area (TPSA) is 60.2 Å². The van der Waals surface area contributed by atoms with E-state index >= 15 is 0 Å². The van der Waals surface area contributed by atoms with E-state index in [0.29, 0.717) is 37.0 Å². The summed E-state index contributed by atoms with van der Waals surface area (Å²) in [6, 6.07) is 34.6. The Hall–Kier alpha value is -4.51. The fraction of sp³-hybridized carbons (Fsp3) is 0.156. The summed E-state index contributed by atoms with van der Waals surface area (Å²) in [6.45, 7) is 4.92. The van der Waals surface area contributed by atoms with E-state index in [1.807, 2.05) is 123 Å². The molecule has 0 saturated carbocycles. The average molecular weight is 491 g/mol. The molecule has 0 aliphatic rings.